The zero-order valence-electron chi connectivity index (χ0n) is 10.2. The summed E-state index contributed by atoms with van der Waals surface area (Å²) < 4.78 is 0. The largest absolute Gasteiger partial charge is 0.507 e. The summed E-state index contributed by atoms with van der Waals surface area (Å²) >= 11 is 6.07. The lowest BCUT2D eigenvalue weighted by molar-refractivity contribution is 0.0943. The maximum atomic E-state index is 11.9. The molecule has 2 N–H and O–H groups in total. The van der Waals surface area contributed by atoms with Gasteiger partial charge in [-0.25, -0.2) is 0 Å². The second kappa shape index (κ2) is 4.86. The quantitative estimate of drug-likeness (QED) is 0.873. The maximum Gasteiger partial charge on any atom is 0.251 e. The number of hydrogen-bond acceptors (Lipinski definition) is 2. The van der Waals surface area contributed by atoms with Gasteiger partial charge in [0.05, 0.1) is 0 Å². The SMILES string of the molecule is CC(C)NC(=O)c1cc(O)c2cccc(Cl)c2c1. The molecule has 0 unspecified atom stereocenters. The molecule has 2 aromatic rings. The predicted molar refractivity (Wildman–Crippen MR) is 73.2 cm³/mol. The second-order valence-electron chi connectivity index (χ2n) is 4.46. The summed E-state index contributed by atoms with van der Waals surface area (Å²) in [6.45, 7) is 3.76. The van der Waals surface area contributed by atoms with E-state index in [1.165, 1.54) is 6.07 Å². The Morgan fingerprint density at radius 1 is 1.28 bits per heavy atom. The average molecular weight is 264 g/mol. The molecular formula is C14H14ClNO2. The van der Waals surface area contributed by atoms with E-state index < -0.39 is 0 Å². The Kier molecular flexibility index (Phi) is 3.43. The number of hydrogen-bond donors (Lipinski definition) is 2. The highest BCUT2D eigenvalue weighted by atomic mass is 35.5. The van der Waals surface area contributed by atoms with Crippen LogP contribution in [0, 0.1) is 0 Å². The number of phenols is 1. The lowest BCUT2D eigenvalue weighted by Gasteiger charge is -2.10. The van der Waals surface area contributed by atoms with E-state index in [0.29, 0.717) is 21.4 Å². The van der Waals surface area contributed by atoms with Gasteiger partial charge in [0, 0.05) is 27.4 Å². The summed E-state index contributed by atoms with van der Waals surface area (Å²) in [4.78, 5) is 11.9. The average Bonchev–Trinajstić information content (AvgIpc) is 2.29. The number of fused-ring (bicyclic) bond motifs is 1. The first kappa shape index (κ1) is 12.7. The van der Waals surface area contributed by atoms with Gasteiger partial charge >= 0.3 is 0 Å². The minimum atomic E-state index is -0.220. The summed E-state index contributed by atoms with van der Waals surface area (Å²) in [7, 11) is 0. The van der Waals surface area contributed by atoms with Gasteiger partial charge in [0.25, 0.3) is 5.91 Å². The highest BCUT2D eigenvalue weighted by Crippen LogP contribution is 2.31. The molecule has 0 saturated carbocycles. The smallest absolute Gasteiger partial charge is 0.251 e. The molecular weight excluding hydrogens is 250 g/mol. The summed E-state index contributed by atoms with van der Waals surface area (Å²) in [5.74, 6) is -0.161. The van der Waals surface area contributed by atoms with Crippen LogP contribution in [0.4, 0.5) is 0 Å². The van der Waals surface area contributed by atoms with Crippen molar-refractivity contribution in [1.29, 1.82) is 0 Å². The molecule has 0 spiro atoms. The number of aromatic hydroxyl groups is 1. The van der Waals surface area contributed by atoms with Crippen LogP contribution in [0.2, 0.25) is 5.02 Å². The van der Waals surface area contributed by atoms with E-state index in [2.05, 4.69) is 5.32 Å². The lowest BCUT2D eigenvalue weighted by Crippen LogP contribution is -2.30. The zero-order valence-corrected chi connectivity index (χ0v) is 11.0. The lowest BCUT2D eigenvalue weighted by atomic mass is 10.1. The van der Waals surface area contributed by atoms with Crippen LogP contribution < -0.4 is 5.32 Å². The maximum absolute atomic E-state index is 11.9. The first-order valence-corrected chi connectivity index (χ1v) is 6.09. The van der Waals surface area contributed by atoms with E-state index in [-0.39, 0.29) is 17.7 Å². The summed E-state index contributed by atoms with van der Waals surface area (Å²) in [5, 5.41) is 14.5. The molecule has 4 heteroatoms. The molecule has 0 atom stereocenters. The molecule has 2 rings (SSSR count). The first-order valence-electron chi connectivity index (χ1n) is 5.71. The predicted octanol–water partition coefficient (Wildman–Crippen LogP) is 3.34. The monoisotopic (exact) mass is 263 g/mol. The van der Waals surface area contributed by atoms with Crippen molar-refractivity contribution in [2.45, 2.75) is 19.9 Å². The highest BCUT2D eigenvalue weighted by molar-refractivity contribution is 6.35. The second-order valence-corrected chi connectivity index (χ2v) is 4.87. The van der Waals surface area contributed by atoms with Crippen molar-refractivity contribution in [3.8, 4) is 5.75 Å². The Labute approximate surface area is 110 Å². The Morgan fingerprint density at radius 2 is 2.00 bits per heavy atom. The van der Waals surface area contributed by atoms with Crippen LogP contribution >= 0.6 is 11.6 Å². The molecule has 0 aliphatic heterocycles. The van der Waals surface area contributed by atoms with Crippen molar-refractivity contribution in [2.24, 2.45) is 0 Å². The fourth-order valence-electron chi connectivity index (χ4n) is 1.81. The number of phenolic OH excluding ortho intramolecular Hbond substituents is 1. The number of carbonyl (C=O) groups is 1. The van der Waals surface area contributed by atoms with Gasteiger partial charge in [-0.1, -0.05) is 23.7 Å². The third kappa shape index (κ3) is 2.41. The standard InChI is InChI=1S/C14H14ClNO2/c1-8(2)16-14(18)9-6-11-10(13(17)7-9)4-3-5-12(11)15/h3-8,17H,1-2H3,(H,16,18). The van der Waals surface area contributed by atoms with Crippen LogP contribution in [0.3, 0.4) is 0 Å². The Hall–Kier alpha value is -1.74. The minimum Gasteiger partial charge on any atom is -0.507 e. The number of amides is 1. The fourth-order valence-corrected chi connectivity index (χ4v) is 2.04. The minimum absolute atomic E-state index is 0.0431. The third-order valence-electron chi connectivity index (χ3n) is 2.60. The molecule has 0 aromatic heterocycles. The van der Waals surface area contributed by atoms with E-state index >= 15 is 0 Å². The van der Waals surface area contributed by atoms with E-state index in [1.807, 2.05) is 13.8 Å². The van der Waals surface area contributed by atoms with Crippen LogP contribution in [0.1, 0.15) is 24.2 Å². The molecule has 0 bridgehead atoms. The van der Waals surface area contributed by atoms with Crippen LogP contribution in [0.25, 0.3) is 10.8 Å². The van der Waals surface area contributed by atoms with Crippen LogP contribution in [-0.4, -0.2) is 17.1 Å². The molecule has 0 heterocycles. The molecule has 0 aliphatic rings. The van der Waals surface area contributed by atoms with Gasteiger partial charge in [-0.15, -0.1) is 0 Å². The van der Waals surface area contributed by atoms with Gasteiger partial charge in [-0.3, -0.25) is 4.79 Å². The van der Waals surface area contributed by atoms with E-state index in [9.17, 15) is 9.90 Å². The molecule has 0 saturated heterocycles. The van der Waals surface area contributed by atoms with Crippen molar-refractivity contribution in [3.63, 3.8) is 0 Å². The molecule has 0 fully saturated rings. The molecule has 3 nitrogen and oxygen atoms in total. The zero-order chi connectivity index (χ0) is 13.3. The van der Waals surface area contributed by atoms with Gasteiger partial charge < -0.3 is 10.4 Å². The van der Waals surface area contributed by atoms with Crippen LogP contribution in [0.5, 0.6) is 5.75 Å². The number of benzene rings is 2. The summed E-state index contributed by atoms with van der Waals surface area (Å²) in [6.07, 6.45) is 0. The highest BCUT2D eigenvalue weighted by Gasteiger charge is 2.12. The van der Waals surface area contributed by atoms with E-state index in [1.54, 1.807) is 24.3 Å². The van der Waals surface area contributed by atoms with Crippen LogP contribution in [-0.2, 0) is 0 Å². The Bertz CT molecular complexity index is 608. The van der Waals surface area contributed by atoms with Crippen molar-refractivity contribution in [1.82, 2.24) is 5.32 Å². The van der Waals surface area contributed by atoms with Crippen molar-refractivity contribution < 1.29 is 9.90 Å². The Balaban J connectivity index is 2.55. The summed E-state index contributed by atoms with van der Waals surface area (Å²) in [5.41, 5.74) is 0.404. The molecule has 1 amide bonds. The molecule has 0 aliphatic carbocycles. The normalized spacial score (nSPS) is 10.9. The molecule has 94 valence electrons. The van der Waals surface area contributed by atoms with Gasteiger partial charge in [-0.2, -0.15) is 0 Å². The van der Waals surface area contributed by atoms with Crippen LogP contribution in [0.15, 0.2) is 30.3 Å². The van der Waals surface area contributed by atoms with Crippen molar-refractivity contribution in [2.75, 3.05) is 0 Å². The molecule has 2 aromatic carbocycles. The number of carbonyl (C=O) groups excluding carboxylic acids is 1. The van der Waals surface area contributed by atoms with Crippen molar-refractivity contribution in [3.05, 3.63) is 40.9 Å². The molecule has 0 radical (unpaired) electrons. The fraction of sp³-hybridized carbons (Fsp3) is 0.214. The van der Waals surface area contributed by atoms with Gasteiger partial charge in [-0.05, 0) is 32.0 Å². The number of halogens is 1. The molecule has 18 heavy (non-hydrogen) atoms. The van der Waals surface area contributed by atoms with Gasteiger partial charge in [0.2, 0.25) is 0 Å². The number of nitrogens with one attached hydrogen (secondary N) is 1. The van der Waals surface area contributed by atoms with E-state index in [4.69, 9.17) is 11.6 Å². The van der Waals surface area contributed by atoms with Crippen molar-refractivity contribution >= 4 is 28.3 Å². The van der Waals surface area contributed by atoms with E-state index in [0.717, 1.165) is 0 Å². The van der Waals surface area contributed by atoms with Gasteiger partial charge in [0.15, 0.2) is 0 Å². The summed E-state index contributed by atoms with van der Waals surface area (Å²) in [6, 6.07) is 8.44. The first-order chi connectivity index (χ1) is 8.49. The number of rotatable bonds is 2. The third-order valence-corrected chi connectivity index (χ3v) is 2.93. The van der Waals surface area contributed by atoms with Gasteiger partial charge in [0.1, 0.15) is 5.75 Å². The topological polar surface area (TPSA) is 49.3 Å². The Morgan fingerprint density at radius 3 is 2.67 bits per heavy atom.